The van der Waals surface area contributed by atoms with E-state index in [0.29, 0.717) is 13.2 Å². The standard InChI is InChI=1S/C22H35N5O3/c1-5-9-30-18-11-15(12-23-21(18)29-4)16-10-14(3)20-17(24-16)13-27(22(20)28)19-7-8-26(6-2)25-19/h12,14-16,18,20-21H,5-11,13H2,1-4H3. The fourth-order valence-electron chi connectivity index (χ4n) is 5.15. The first kappa shape index (κ1) is 21.4. The van der Waals surface area contributed by atoms with Gasteiger partial charge in [0.2, 0.25) is 5.91 Å². The molecule has 8 nitrogen and oxygen atoms in total. The van der Waals surface area contributed by atoms with Crippen molar-refractivity contribution in [2.75, 3.05) is 33.4 Å². The Morgan fingerprint density at radius 2 is 2.10 bits per heavy atom. The highest BCUT2D eigenvalue weighted by Gasteiger charge is 2.47. The minimum Gasteiger partial charge on any atom is -0.373 e. The molecule has 6 atom stereocenters. The lowest BCUT2D eigenvalue weighted by Crippen LogP contribution is -2.42. The summed E-state index contributed by atoms with van der Waals surface area (Å²) in [5, 5.41) is 6.66. The Labute approximate surface area is 179 Å². The summed E-state index contributed by atoms with van der Waals surface area (Å²) in [6.45, 7) is 9.45. The van der Waals surface area contributed by atoms with Crippen LogP contribution in [0.5, 0.6) is 0 Å². The number of amides is 1. The molecule has 166 valence electrons. The fraction of sp³-hybridized carbons (Fsp3) is 0.818. The molecule has 0 aromatic heterocycles. The number of carbonyl (C=O) groups excluding carboxylic acids is 1. The van der Waals surface area contributed by atoms with Gasteiger partial charge in [-0.2, -0.15) is 5.10 Å². The zero-order valence-corrected chi connectivity index (χ0v) is 18.7. The molecule has 0 aromatic rings. The summed E-state index contributed by atoms with van der Waals surface area (Å²) in [6.07, 6.45) is 5.31. The van der Waals surface area contributed by atoms with Crippen molar-refractivity contribution in [3.63, 3.8) is 0 Å². The van der Waals surface area contributed by atoms with Gasteiger partial charge in [-0.3, -0.25) is 24.7 Å². The summed E-state index contributed by atoms with van der Waals surface area (Å²) < 4.78 is 11.5. The molecule has 0 N–H and O–H groups in total. The third-order valence-electron chi connectivity index (χ3n) is 6.77. The predicted octanol–water partition coefficient (Wildman–Crippen LogP) is 2.19. The summed E-state index contributed by atoms with van der Waals surface area (Å²) >= 11 is 0. The van der Waals surface area contributed by atoms with Gasteiger partial charge in [0, 0.05) is 51.1 Å². The lowest BCUT2D eigenvalue weighted by atomic mass is 9.78. The van der Waals surface area contributed by atoms with Crippen molar-refractivity contribution in [2.24, 2.45) is 32.8 Å². The Hall–Kier alpha value is -1.80. The number of carbonyl (C=O) groups is 1. The molecule has 4 rings (SSSR count). The number of amidine groups is 1. The molecule has 0 aliphatic carbocycles. The van der Waals surface area contributed by atoms with Crippen molar-refractivity contribution >= 4 is 23.7 Å². The first-order valence-electron chi connectivity index (χ1n) is 11.4. The van der Waals surface area contributed by atoms with Crippen LogP contribution in [0.4, 0.5) is 0 Å². The zero-order chi connectivity index (χ0) is 21.3. The van der Waals surface area contributed by atoms with Crippen LogP contribution in [0.15, 0.2) is 15.1 Å². The normalized spacial score (nSPS) is 36.2. The molecule has 0 radical (unpaired) electrons. The Kier molecular flexibility index (Phi) is 6.53. The largest absolute Gasteiger partial charge is 0.373 e. The molecule has 0 bridgehead atoms. The maximum absolute atomic E-state index is 13.2. The molecule has 4 heterocycles. The second-order valence-corrected chi connectivity index (χ2v) is 8.85. The average molecular weight is 418 g/mol. The SMILES string of the molecule is CCCOC1CC(C2CC(C)C3C(=O)N(C4=NN(CC)CC4)CC3=N2)C=NC1OC. The summed E-state index contributed by atoms with van der Waals surface area (Å²) in [5.41, 5.74) is 1.02. The molecule has 0 saturated carbocycles. The zero-order valence-electron chi connectivity index (χ0n) is 18.7. The van der Waals surface area contributed by atoms with Gasteiger partial charge in [-0.15, -0.1) is 0 Å². The van der Waals surface area contributed by atoms with E-state index >= 15 is 0 Å². The van der Waals surface area contributed by atoms with Gasteiger partial charge in [0.15, 0.2) is 6.23 Å². The lowest BCUT2D eigenvalue weighted by Gasteiger charge is -2.36. The Morgan fingerprint density at radius 3 is 2.80 bits per heavy atom. The van der Waals surface area contributed by atoms with Gasteiger partial charge in [-0.1, -0.05) is 13.8 Å². The molecule has 0 aromatic carbocycles. The molecular formula is C22H35N5O3. The monoisotopic (exact) mass is 417 g/mol. The quantitative estimate of drug-likeness (QED) is 0.664. The first-order valence-corrected chi connectivity index (χ1v) is 11.4. The predicted molar refractivity (Wildman–Crippen MR) is 117 cm³/mol. The smallest absolute Gasteiger partial charge is 0.237 e. The van der Waals surface area contributed by atoms with E-state index < -0.39 is 0 Å². The van der Waals surface area contributed by atoms with Gasteiger partial charge in [0.1, 0.15) is 11.9 Å². The maximum Gasteiger partial charge on any atom is 0.237 e. The summed E-state index contributed by atoms with van der Waals surface area (Å²) in [7, 11) is 1.68. The van der Waals surface area contributed by atoms with Crippen LogP contribution in [0.25, 0.3) is 0 Å². The Balaban J connectivity index is 1.50. The van der Waals surface area contributed by atoms with Crippen LogP contribution in [-0.2, 0) is 14.3 Å². The second kappa shape index (κ2) is 9.14. The Bertz CT molecular complexity index is 736. The first-order chi connectivity index (χ1) is 14.5. The highest BCUT2D eigenvalue weighted by Crippen LogP contribution is 2.37. The van der Waals surface area contributed by atoms with E-state index in [1.165, 1.54) is 0 Å². The van der Waals surface area contributed by atoms with Gasteiger partial charge in [0.25, 0.3) is 0 Å². The number of methoxy groups -OCH3 is 1. The van der Waals surface area contributed by atoms with E-state index in [-0.39, 0.29) is 42.0 Å². The van der Waals surface area contributed by atoms with Crippen LogP contribution in [0.3, 0.4) is 0 Å². The van der Waals surface area contributed by atoms with Crippen molar-refractivity contribution in [1.82, 2.24) is 9.91 Å². The number of hydrogen-bond acceptors (Lipinski definition) is 7. The van der Waals surface area contributed by atoms with Crippen molar-refractivity contribution in [2.45, 2.75) is 64.8 Å². The molecule has 30 heavy (non-hydrogen) atoms. The number of fused-ring (bicyclic) bond motifs is 1. The second-order valence-electron chi connectivity index (χ2n) is 8.85. The number of ether oxygens (including phenoxy) is 2. The summed E-state index contributed by atoms with van der Waals surface area (Å²) in [6, 6.07) is 0.144. The Morgan fingerprint density at radius 1 is 1.27 bits per heavy atom. The maximum atomic E-state index is 13.2. The van der Waals surface area contributed by atoms with Crippen LogP contribution in [-0.4, -0.2) is 85.3 Å². The average Bonchev–Trinajstić information content (AvgIpc) is 3.36. The van der Waals surface area contributed by atoms with Crippen molar-refractivity contribution in [3.05, 3.63) is 0 Å². The van der Waals surface area contributed by atoms with E-state index in [9.17, 15) is 4.79 Å². The highest BCUT2D eigenvalue weighted by atomic mass is 16.5. The van der Waals surface area contributed by atoms with E-state index in [2.05, 4.69) is 30.9 Å². The number of likely N-dealkylation sites (tertiary alicyclic amines) is 1. The topological polar surface area (TPSA) is 79.1 Å². The van der Waals surface area contributed by atoms with Crippen LogP contribution < -0.4 is 0 Å². The minimum absolute atomic E-state index is 0.0345. The summed E-state index contributed by atoms with van der Waals surface area (Å²) in [4.78, 5) is 24.7. The number of nitrogens with zero attached hydrogens (tertiary/aromatic N) is 5. The lowest BCUT2D eigenvalue weighted by molar-refractivity contribution is -0.128. The van der Waals surface area contributed by atoms with Crippen LogP contribution >= 0.6 is 0 Å². The summed E-state index contributed by atoms with van der Waals surface area (Å²) in [5.74, 6) is 1.47. The van der Waals surface area contributed by atoms with Gasteiger partial charge in [-0.25, -0.2) is 0 Å². The number of hydrazone groups is 1. The van der Waals surface area contributed by atoms with E-state index in [0.717, 1.165) is 50.3 Å². The molecule has 1 amide bonds. The molecule has 4 aliphatic rings. The third kappa shape index (κ3) is 4.04. The van der Waals surface area contributed by atoms with Crippen LogP contribution in [0, 0.1) is 17.8 Å². The number of aliphatic imine (C=N–C) groups is 2. The third-order valence-corrected chi connectivity index (χ3v) is 6.77. The van der Waals surface area contributed by atoms with E-state index in [4.69, 9.17) is 14.5 Å². The van der Waals surface area contributed by atoms with Crippen molar-refractivity contribution in [3.8, 4) is 0 Å². The van der Waals surface area contributed by atoms with Crippen molar-refractivity contribution in [1.29, 1.82) is 0 Å². The fourth-order valence-corrected chi connectivity index (χ4v) is 5.15. The molecule has 8 heteroatoms. The van der Waals surface area contributed by atoms with Crippen LogP contribution in [0.2, 0.25) is 0 Å². The molecule has 1 saturated heterocycles. The van der Waals surface area contributed by atoms with Gasteiger partial charge in [-0.05, 0) is 32.1 Å². The molecular weight excluding hydrogens is 382 g/mol. The van der Waals surface area contributed by atoms with Crippen LogP contribution in [0.1, 0.15) is 46.5 Å². The van der Waals surface area contributed by atoms with Gasteiger partial charge in [0.05, 0.1) is 18.5 Å². The molecule has 0 spiro atoms. The van der Waals surface area contributed by atoms with E-state index in [1.807, 2.05) is 16.1 Å². The highest BCUT2D eigenvalue weighted by molar-refractivity contribution is 6.18. The molecule has 4 aliphatic heterocycles. The molecule has 6 unspecified atom stereocenters. The van der Waals surface area contributed by atoms with Gasteiger partial charge < -0.3 is 9.47 Å². The van der Waals surface area contributed by atoms with Crippen molar-refractivity contribution < 1.29 is 14.3 Å². The number of hydrogen-bond donors (Lipinski definition) is 0. The molecule has 1 fully saturated rings. The van der Waals surface area contributed by atoms with E-state index in [1.54, 1.807) is 7.11 Å². The minimum atomic E-state index is -0.236. The van der Waals surface area contributed by atoms with Gasteiger partial charge >= 0.3 is 0 Å². The number of rotatable bonds is 6.